The van der Waals surface area contributed by atoms with Crippen molar-refractivity contribution in [2.45, 2.75) is 70.4 Å². The summed E-state index contributed by atoms with van der Waals surface area (Å²) in [5.41, 5.74) is 3.49. The summed E-state index contributed by atoms with van der Waals surface area (Å²) in [6.45, 7) is 5.88. The molecule has 6 heteroatoms. The normalized spacial score (nSPS) is 15.3. The van der Waals surface area contributed by atoms with Crippen molar-refractivity contribution in [3.05, 3.63) is 64.7 Å². The Bertz CT molecular complexity index is 958. The quantitative estimate of drug-likeness (QED) is 0.717. The van der Waals surface area contributed by atoms with E-state index >= 15 is 0 Å². The maximum absolute atomic E-state index is 13.7. The number of amides is 1. The first kappa shape index (κ1) is 22.5. The second-order valence-electron chi connectivity index (χ2n) is 8.33. The fraction of sp³-hybridized carbons (Fsp3) is 0.458. The molecule has 0 aromatic heterocycles. The summed E-state index contributed by atoms with van der Waals surface area (Å²) < 4.78 is 28.9. The van der Waals surface area contributed by atoms with Crippen LogP contribution in [-0.2, 0) is 21.4 Å². The van der Waals surface area contributed by atoms with Crippen molar-refractivity contribution in [2.75, 3.05) is 6.54 Å². The number of rotatable bonds is 7. The zero-order valence-corrected chi connectivity index (χ0v) is 19.0. The lowest BCUT2D eigenvalue weighted by molar-refractivity contribution is -0.121. The van der Waals surface area contributed by atoms with Crippen LogP contribution in [0.4, 0.5) is 0 Å². The van der Waals surface area contributed by atoms with Gasteiger partial charge in [0.25, 0.3) is 0 Å². The third kappa shape index (κ3) is 5.29. The summed E-state index contributed by atoms with van der Waals surface area (Å²) in [6, 6.07) is 13.3. The molecule has 1 saturated carbocycles. The average Bonchev–Trinajstić information content (AvgIpc) is 2.71. The van der Waals surface area contributed by atoms with Crippen molar-refractivity contribution in [1.29, 1.82) is 0 Å². The van der Waals surface area contributed by atoms with Crippen LogP contribution in [0.3, 0.4) is 0 Å². The van der Waals surface area contributed by atoms with E-state index in [1.165, 1.54) is 4.31 Å². The number of nitrogens with zero attached hydrogens (tertiary/aromatic N) is 1. The van der Waals surface area contributed by atoms with Gasteiger partial charge < -0.3 is 5.32 Å². The van der Waals surface area contributed by atoms with Gasteiger partial charge in [0.1, 0.15) is 0 Å². The second kappa shape index (κ2) is 9.75. The SMILES string of the molecule is Cc1cc(C)c(S(=O)(=O)N(CC(=O)NCc2ccccc2)C2CCCCC2)c(C)c1. The van der Waals surface area contributed by atoms with Crippen LogP contribution >= 0.6 is 0 Å². The van der Waals surface area contributed by atoms with E-state index < -0.39 is 10.0 Å². The molecule has 0 bridgehead atoms. The Morgan fingerprint density at radius 1 is 1.00 bits per heavy atom. The number of nitrogens with one attached hydrogen (secondary N) is 1. The van der Waals surface area contributed by atoms with Crippen LogP contribution in [0, 0.1) is 20.8 Å². The molecule has 5 nitrogen and oxygen atoms in total. The molecule has 1 aliphatic rings. The van der Waals surface area contributed by atoms with Gasteiger partial charge in [-0.2, -0.15) is 4.31 Å². The van der Waals surface area contributed by atoms with E-state index in [-0.39, 0.29) is 18.5 Å². The van der Waals surface area contributed by atoms with Gasteiger partial charge in [0.15, 0.2) is 0 Å². The largest absolute Gasteiger partial charge is 0.351 e. The van der Waals surface area contributed by atoms with Crippen molar-refractivity contribution in [2.24, 2.45) is 0 Å². The molecule has 1 fully saturated rings. The molecule has 0 unspecified atom stereocenters. The van der Waals surface area contributed by atoms with Gasteiger partial charge in [0.05, 0.1) is 11.4 Å². The Morgan fingerprint density at radius 2 is 1.60 bits per heavy atom. The molecule has 162 valence electrons. The molecule has 3 rings (SSSR count). The molecule has 1 N–H and O–H groups in total. The first-order valence-electron chi connectivity index (χ1n) is 10.7. The monoisotopic (exact) mass is 428 g/mol. The average molecular weight is 429 g/mol. The highest BCUT2D eigenvalue weighted by molar-refractivity contribution is 7.89. The molecular formula is C24H32N2O3S. The van der Waals surface area contributed by atoms with Crippen LogP contribution in [0.2, 0.25) is 0 Å². The van der Waals surface area contributed by atoms with Crippen LogP contribution < -0.4 is 5.32 Å². The lowest BCUT2D eigenvalue weighted by atomic mass is 9.95. The van der Waals surface area contributed by atoms with Crippen LogP contribution in [0.1, 0.15) is 54.4 Å². The van der Waals surface area contributed by atoms with Gasteiger partial charge in [-0.05, 0) is 50.3 Å². The van der Waals surface area contributed by atoms with Gasteiger partial charge in [0, 0.05) is 12.6 Å². The standard InChI is InChI=1S/C24H32N2O3S/c1-18-14-19(2)24(20(3)15-18)30(28,29)26(22-12-8-5-9-13-22)17-23(27)25-16-21-10-6-4-7-11-21/h4,6-7,10-11,14-15,22H,5,8-9,12-13,16-17H2,1-3H3,(H,25,27). The molecule has 0 heterocycles. The summed E-state index contributed by atoms with van der Waals surface area (Å²) in [4.78, 5) is 13.1. The summed E-state index contributed by atoms with van der Waals surface area (Å²) in [5, 5.41) is 2.89. The predicted molar refractivity (Wildman–Crippen MR) is 120 cm³/mol. The minimum Gasteiger partial charge on any atom is -0.351 e. The number of sulfonamides is 1. The Labute approximate surface area is 180 Å². The predicted octanol–water partition coefficient (Wildman–Crippen LogP) is 4.25. The third-order valence-corrected chi connectivity index (χ3v) is 7.99. The summed E-state index contributed by atoms with van der Waals surface area (Å²) in [6.07, 6.45) is 4.71. The zero-order chi connectivity index (χ0) is 21.7. The number of hydrogen-bond acceptors (Lipinski definition) is 3. The van der Waals surface area contributed by atoms with Crippen molar-refractivity contribution in [3.8, 4) is 0 Å². The maximum Gasteiger partial charge on any atom is 0.244 e. The fourth-order valence-electron chi connectivity index (χ4n) is 4.46. The van der Waals surface area contributed by atoms with Crippen LogP contribution in [0.25, 0.3) is 0 Å². The van der Waals surface area contributed by atoms with Crippen molar-refractivity contribution >= 4 is 15.9 Å². The molecule has 0 spiro atoms. The van der Waals surface area contributed by atoms with E-state index in [2.05, 4.69) is 5.32 Å². The topological polar surface area (TPSA) is 66.5 Å². The molecule has 0 atom stereocenters. The van der Waals surface area contributed by atoms with E-state index in [1.54, 1.807) is 0 Å². The first-order chi connectivity index (χ1) is 14.3. The molecule has 0 aliphatic heterocycles. The van der Waals surface area contributed by atoms with Gasteiger partial charge in [-0.25, -0.2) is 8.42 Å². The Morgan fingerprint density at radius 3 is 2.20 bits per heavy atom. The molecule has 1 amide bonds. The molecule has 30 heavy (non-hydrogen) atoms. The molecule has 2 aromatic carbocycles. The van der Waals surface area contributed by atoms with E-state index in [9.17, 15) is 13.2 Å². The number of benzene rings is 2. The van der Waals surface area contributed by atoms with Crippen molar-refractivity contribution in [1.82, 2.24) is 9.62 Å². The summed E-state index contributed by atoms with van der Waals surface area (Å²) in [7, 11) is -3.78. The summed E-state index contributed by atoms with van der Waals surface area (Å²) >= 11 is 0. The molecule has 2 aromatic rings. The summed E-state index contributed by atoms with van der Waals surface area (Å²) in [5.74, 6) is -0.268. The lowest BCUT2D eigenvalue weighted by Gasteiger charge is -2.33. The third-order valence-electron chi connectivity index (χ3n) is 5.79. The lowest BCUT2D eigenvalue weighted by Crippen LogP contribution is -2.47. The molecule has 1 aliphatic carbocycles. The highest BCUT2D eigenvalue weighted by atomic mass is 32.2. The van der Waals surface area contributed by atoms with Gasteiger partial charge in [-0.3, -0.25) is 4.79 Å². The molecule has 0 saturated heterocycles. The minimum absolute atomic E-state index is 0.133. The van der Waals surface area contributed by atoms with E-state index in [0.717, 1.165) is 54.4 Å². The van der Waals surface area contributed by atoms with Crippen LogP contribution in [-0.4, -0.2) is 31.2 Å². The Balaban J connectivity index is 1.86. The number of carbonyl (C=O) groups is 1. The Hall–Kier alpha value is -2.18. The van der Waals surface area contributed by atoms with Crippen LogP contribution in [0.15, 0.2) is 47.4 Å². The van der Waals surface area contributed by atoms with E-state index in [0.29, 0.717) is 11.4 Å². The van der Waals surface area contributed by atoms with Crippen molar-refractivity contribution in [3.63, 3.8) is 0 Å². The van der Waals surface area contributed by atoms with Gasteiger partial charge in [-0.1, -0.05) is 67.3 Å². The molecule has 0 radical (unpaired) electrons. The second-order valence-corrected chi connectivity index (χ2v) is 10.2. The number of carbonyl (C=O) groups excluding carboxylic acids is 1. The number of hydrogen-bond donors (Lipinski definition) is 1. The van der Waals surface area contributed by atoms with Crippen molar-refractivity contribution < 1.29 is 13.2 Å². The highest BCUT2D eigenvalue weighted by Crippen LogP contribution is 2.31. The van der Waals surface area contributed by atoms with Gasteiger partial charge >= 0.3 is 0 Å². The van der Waals surface area contributed by atoms with Gasteiger partial charge in [-0.15, -0.1) is 0 Å². The maximum atomic E-state index is 13.7. The number of aryl methyl sites for hydroxylation is 3. The smallest absolute Gasteiger partial charge is 0.244 e. The molecular weight excluding hydrogens is 396 g/mol. The minimum atomic E-state index is -3.78. The zero-order valence-electron chi connectivity index (χ0n) is 18.1. The van der Waals surface area contributed by atoms with Crippen LogP contribution in [0.5, 0.6) is 0 Å². The van der Waals surface area contributed by atoms with Gasteiger partial charge in [0.2, 0.25) is 15.9 Å². The first-order valence-corrected chi connectivity index (χ1v) is 12.1. The van der Waals surface area contributed by atoms with E-state index in [4.69, 9.17) is 0 Å². The fourth-order valence-corrected chi connectivity index (χ4v) is 6.52. The highest BCUT2D eigenvalue weighted by Gasteiger charge is 2.35. The Kier molecular flexibility index (Phi) is 7.32. The van der Waals surface area contributed by atoms with E-state index in [1.807, 2.05) is 63.2 Å².